The number of alkyl halides is 3. The molecule has 3 aromatic rings. The van der Waals surface area contributed by atoms with E-state index in [0.29, 0.717) is 9.70 Å². The van der Waals surface area contributed by atoms with E-state index in [9.17, 15) is 22.8 Å². The molecule has 0 bridgehead atoms. The average molecular weight is 372 g/mol. The molecule has 11 heteroatoms. The number of aromatic amines is 2. The first kappa shape index (κ1) is 16.8. The molecule has 1 amide bonds. The van der Waals surface area contributed by atoms with Crippen LogP contribution in [0.25, 0.3) is 5.69 Å². The van der Waals surface area contributed by atoms with Crippen LogP contribution in [0.2, 0.25) is 5.02 Å². The van der Waals surface area contributed by atoms with E-state index in [0.717, 1.165) is 12.3 Å². The van der Waals surface area contributed by atoms with Crippen molar-refractivity contribution in [3.8, 4) is 5.69 Å². The Hall–Kier alpha value is -3.01. The van der Waals surface area contributed by atoms with Crippen LogP contribution in [0.15, 0.2) is 41.3 Å². The van der Waals surface area contributed by atoms with Crippen molar-refractivity contribution in [3.63, 3.8) is 0 Å². The average Bonchev–Trinajstić information content (AvgIpc) is 3.14. The third-order valence-corrected chi connectivity index (χ3v) is 3.45. The topological polar surface area (TPSA) is 95.6 Å². The molecule has 25 heavy (non-hydrogen) atoms. The third-order valence-electron chi connectivity index (χ3n) is 3.20. The number of hydrogen-bond acceptors (Lipinski definition) is 3. The van der Waals surface area contributed by atoms with Gasteiger partial charge in [0.25, 0.3) is 11.5 Å². The van der Waals surface area contributed by atoms with Crippen molar-refractivity contribution >= 4 is 23.3 Å². The van der Waals surface area contributed by atoms with Gasteiger partial charge in [-0.15, -0.1) is 0 Å². The highest BCUT2D eigenvalue weighted by molar-refractivity contribution is 6.30. The zero-order chi connectivity index (χ0) is 18.2. The highest BCUT2D eigenvalue weighted by Crippen LogP contribution is 2.34. The Bertz CT molecular complexity index is 972. The van der Waals surface area contributed by atoms with Gasteiger partial charge in [0.05, 0.1) is 17.4 Å². The first-order valence-corrected chi connectivity index (χ1v) is 7.13. The second-order valence-corrected chi connectivity index (χ2v) is 5.36. The Morgan fingerprint density at radius 1 is 1.20 bits per heavy atom. The summed E-state index contributed by atoms with van der Waals surface area (Å²) in [5.74, 6) is -1.13. The number of nitrogens with zero attached hydrogens (tertiary/aromatic N) is 2. The Balaban J connectivity index is 2.03. The predicted octanol–water partition coefficient (Wildman–Crippen LogP) is 2.81. The molecule has 7 nitrogen and oxygen atoms in total. The van der Waals surface area contributed by atoms with E-state index in [1.165, 1.54) is 24.3 Å². The summed E-state index contributed by atoms with van der Waals surface area (Å²) in [4.78, 5) is 23.2. The number of aromatic nitrogens is 4. The molecule has 0 aliphatic carbocycles. The van der Waals surface area contributed by atoms with Gasteiger partial charge in [-0.1, -0.05) is 11.6 Å². The SMILES string of the molecule is O=C(Nc1cc(=O)[nH][nH]1)c1cnn(-c2ccc(Cl)cc2)c1C(F)(F)F. The quantitative estimate of drug-likeness (QED) is 0.660. The van der Waals surface area contributed by atoms with Crippen molar-refractivity contribution in [3.05, 3.63) is 63.2 Å². The van der Waals surface area contributed by atoms with Crippen LogP contribution in [0.5, 0.6) is 0 Å². The lowest BCUT2D eigenvalue weighted by Crippen LogP contribution is -2.20. The second kappa shape index (κ2) is 6.13. The number of anilines is 1. The van der Waals surface area contributed by atoms with Crippen molar-refractivity contribution < 1.29 is 18.0 Å². The molecule has 0 unspecified atom stereocenters. The molecule has 2 heterocycles. The van der Waals surface area contributed by atoms with Crippen molar-refractivity contribution in [2.75, 3.05) is 5.32 Å². The normalized spacial score (nSPS) is 11.5. The van der Waals surface area contributed by atoms with Crippen LogP contribution in [-0.2, 0) is 6.18 Å². The minimum atomic E-state index is -4.84. The number of amides is 1. The number of nitrogens with one attached hydrogen (secondary N) is 3. The minimum Gasteiger partial charge on any atom is -0.307 e. The van der Waals surface area contributed by atoms with Gasteiger partial charge in [0.2, 0.25) is 0 Å². The molecule has 0 atom stereocenters. The van der Waals surface area contributed by atoms with Gasteiger partial charge in [0, 0.05) is 11.1 Å². The van der Waals surface area contributed by atoms with Crippen LogP contribution in [0.4, 0.5) is 19.0 Å². The highest BCUT2D eigenvalue weighted by Gasteiger charge is 2.40. The summed E-state index contributed by atoms with van der Waals surface area (Å²) in [5, 5.41) is 10.6. The summed E-state index contributed by atoms with van der Waals surface area (Å²) in [7, 11) is 0. The number of H-pyrrole nitrogens is 2. The van der Waals surface area contributed by atoms with Gasteiger partial charge in [-0.2, -0.15) is 18.3 Å². The van der Waals surface area contributed by atoms with E-state index in [2.05, 4.69) is 20.6 Å². The van der Waals surface area contributed by atoms with Crippen LogP contribution < -0.4 is 10.9 Å². The fourth-order valence-corrected chi connectivity index (χ4v) is 2.28. The summed E-state index contributed by atoms with van der Waals surface area (Å²) in [5.41, 5.74) is -2.39. The lowest BCUT2D eigenvalue weighted by Gasteiger charge is -2.12. The van der Waals surface area contributed by atoms with E-state index >= 15 is 0 Å². The summed E-state index contributed by atoms with van der Waals surface area (Å²) in [6.45, 7) is 0. The van der Waals surface area contributed by atoms with Crippen LogP contribution in [0, 0.1) is 0 Å². The minimum absolute atomic E-state index is 0.0673. The van der Waals surface area contributed by atoms with Crippen LogP contribution >= 0.6 is 11.6 Å². The Labute approximate surface area is 142 Å². The van der Waals surface area contributed by atoms with Crippen molar-refractivity contribution in [1.29, 1.82) is 0 Å². The Morgan fingerprint density at radius 2 is 1.88 bits per heavy atom. The first-order chi connectivity index (χ1) is 11.8. The van der Waals surface area contributed by atoms with E-state index < -0.39 is 28.9 Å². The highest BCUT2D eigenvalue weighted by atomic mass is 35.5. The zero-order valence-corrected chi connectivity index (χ0v) is 12.9. The number of carbonyl (C=O) groups is 1. The molecule has 3 N–H and O–H groups in total. The molecule has 130 valence electrons. The van der Waals surface area contributed by atoms with Gasteiger partial charge in [0.1, 0.15) is 5.82 Å². The van der Waals surface area contributed by atoms with Crippen LogP contribution in [-0.4, -0.2) is 25.9 Å². The molecule has 0 aliphatic rings. The fraction of sp³-hybridized carbons (Fsp3) is 0.0714. The zero-order valence-electron chi connectivity index (χ0n) is 12.2. The van der Waals surface area contributed by atoms with Gasteiger partial charge in [0.15, 0.2) is 5.69 Å². The Morgan fingerprint density at radius 3 is 2.44 bits per heavy atom. The molecule has 0 aliphatic heterocycles. The van der Waals surface area contributed by atoms with Gasteiger partial charge in [-0.05, 0) is 24.3 Å². The lowest BCUT2D eigenvalue weighted by molar-refractivity contribution is -0.143. The first-order valence-electron chi connectivity index (χ1n) is 6.76. The molecule has 0 spiro atoms. The molecular weight excluding hydrogens is 363 g/mol. The molecule has 0 radical (unpaired) electrons. The number of rotatable bonds is 3. The van der Waals surface area contributed by atoms with Crippen molar-refractivity contribution in [2.45, 2.75) is 6.18 Å². The van der Waals surface area contributed by atoms with Gasteiger partial charge in [-0.25, -0.2) is 4.68 Å². The van der Waals surface area contributed by atoms with Gasteiger partial charge < -0.3 is 5.32 Å². The van der Waals surface area contributed by atoms with Crippen molar-refractivity contribution in [2.24, 2.45) is 0 Å². The maximum atomic E-state index is 13.5. The summed E-state index contributed by atoms with van der Waals surface area (Å²) in [6.07, 6.45) is -4.04. The van der Waals surface area contributed by atoms with E-state index in [1.807, 2.05) is 0 Å². The number of carbonyl (C=O) groups excluding carboxylic acids is 1. The fourth-order valence-electron chi connectivity index (χ4n) is 2.15. The third kappa shape index (κ3) is 3.43. The number of hydrogen-bond donors (Lipinski definition) is 3. The summed E-state index contributed by atoms with van der Waals surface area (Å²) in [6, 6.07) is 6.49. The summed E-state index contributed by atoms with van der Waals surface area (Å²) < 4.78 is 41.0. The lowest BCUT2D eigenvalue weighted by atomic mass is 10.2. The largest absolute Gasteiger partial charge is 0.434 e. The molecule has 2 aromatic heterocycles. The molecule has 0 saturated heterocycles. The number of benzene rings is 1. The van der Waals surface area contributed by atoms with Gasteiger partial charge in [-0.3, -0.25) is 19.8 Å². The van der Waals surface area contributed by atoms with E-state index in [4.69, 9.17) is 11.6 Å². The monoisotopic (exact) mass is 371 g/mol. The standard InChI is InChI=1S/C14H9ClF3N5O2/c15-7-1-3-8(4-2-7)23-12(14(16,17)18)9(6-19-23)13(25)20-10-5-11(24)22-21-10/h1-6H,(H3,20,21,22,24,25). The second-order valence-electron chi connectivity index (χ2n) is 4.92. The molecule has 3 rings (SSSR count). The smallest absolute Gasteiger partial charge is 0.307 e. The van der Waals surface area contributed by atoms with Gasteiger partial charge >= 0.3 is 6.18 Å². The predicted molar refractivity (Wildman–Crippen MR) is 82.9 cm³/mol. The summed E-state index contributed by atoms with van der Waals surface area (Å²) >= 11 is 5.73. The maximum Gasteiger partial charge on any atom is 0.434 e. The van der Waals surface area contributed by atoms with E-state index in [-0.39, 0.29) is 11.5 Å². The maximum absolute atomic E-state index is 13.5. The van der Waals surface area contributed by atoms with E-state index in [1.54, 1.807) is 0 Å². The molecule has 0 fully saturated rings. The van der Waals surface area contributed by atoms with Crippen LogP contribution in [0.1, 0.15) is 16.1 Å². The Kier molecular flexibility index (Phi) is 4.13. The number of halogens is 4. The van der Waals surface area contributed by atoms with Crippen LogP contribution in [0.3, 0.4) is 0 Å². The molecule has 1 aromatic carbocycles. The molecule has 0 saturated carbocycles. The molecular formula is C14H9ClF3N5O2. The van der Waals surface area contributed by atoms with Crippen molar-refractivity contribution in [1.82, 2.24) is 20.0 Å².